The topological polar surface area (TPSA) is 64.8 Å². The van der Waals surface area contributed by atoms with Gasteiger partial charge in [-0.2, -0.15) is 0 Å². The number of nitrogens with two attached hydrogens (primary N) is 1. The average molecular weight is 357 g/mol. The smallest absolute Gasteiger partial charge is 0.251 e. The number of benzene rings is 1. The van der Waals surface area contributed by atoms with Gasteiger partial charge < -0.3 is 20.1 Å². The molecule has 0 saturated carbocycles. The summed E-state index contributed by atoms with van der Waals surface area (Å²) >= 11 is 0. The minimum atomic E-state index is -0.469. The highest BCUT2D eigenvalue weighted by Crippen LogP contribution is 2.23. The first kappa shape index (κ1) is 20.7. The molecule has 2 rings (SSSR count). The SMILES string of the molecule is COc1cccc(COC(C)C(=O)N2CCC(C)CC2CN)c1.Cl. The summed E-state index contributed by atoms with van der Waals surface area (Å²) in [6.45, 7) is 5.70. The van der Waals surface area contributed by atoms with Crippen molar-refractivity contribution in [3.8, 4) is 5.75 Å². The van der Waals surface area contributed by atoms with Gasteiger partial charge in [-0.05, 0) is 43.4 Å². The Labute approximate surface area is 150 Å². The molecule has 0 spiro atoms. The molecule has 136 valence electrons. The number of rotatable bonds is 6. The van der Waals surface area contributed by atoms with Crippen LogP contribution in [0.4, 0.5) is 0 Å². The van der Waals surface area contributed by atoms with Crippen molar-refractivity contribution < 1.29 is 14.3 Å². The zero-order valence-electron chi connectivity index (χ0n) is 14.7. The maximum absolute atomic E-state index is 12.6. The maximum Gasteiger partial charge on any atom is 0.251 e. The van der Waals surface area contributed by atoms with Crippen LogP contribution in [-0.2, 0) is 16.1 Å². The third-order valence-electron chi connectivity index (χ3n) is 4.52. The molecule has 2 N–H and O–H groups in total. The van der Waals surface area contributed by atoms with Crippen molar-refractivity contribution in [2.24, 2.45) is 11.7 Å². The third-order valence-corrected chi connectivity index (χ3v) is 4.52. The monoisotopic (exact) mass is 356 g/mol. The number of piperidine rings is 1. The van der Waals surface area contributed by atoms with Crippen molar-refractivity contribution in [2.45, 2.75) is 45.4 Å². The second kappa shape index (κ2) is 9.87. The van der Waals surface area contributed by atoms with E-state index in [1.807, 2.05) is 36.1 Å². The summed E-state index contributed by atoms with van der Waals surface area (Å²) in [7, 11) is 1.64. The average Bonchev–Trinajstić information content (AvgIpc) is 2.59. The van der Waals surface area contributed by atoms with Gasteiger partial charge in [0.15, 0.2) is 0 Å². The van der Waals surface area contributed by atoms with Crippen LogP contribution in [0, 0.1) is 5.92 Å². The van der Waals surface area contributed by atoms with Crippen molar-refractivity contribution in [1.82, 2.24) is 4.90 Å². The van der Waals surface area contributed by atoms with Gasteiger partial charge in [-0.15, -0.1) is 12.4 Å². The van der Waals surface area contributed by atoms with Gasteiger partial charge in [0.25, 0.3) is 5.91 Å². The van der Waals surface area contributed by atoms with Crippen LogP contribution in [0.3, 0.4) is 0 Å². The quantitative estimate of drug-likeness (QED) is 0.850. The fraction of sp³-hybridized carbons (Fsp3) is 0.611. The number of hydrogen-bond donors (Lipinski definition) is 1. The third kappa shape index (κ3) is 5.36. The molecule has 3 unspecified atom stereocenters. The van der Waals surface area contributed by atoms with Crippen molar-refractivity contribution in [2.75, 3.05) is 20.2 Å². The van der Waals surface area contributed by atoms with E-state index in [1.165, 1.54) is 0 Å². The molecule has 24 heavy (non-hydrogen) atoms. The lowest BCUT2D eigenvalue weighted by atomic mass is 9.92. The Balaban J connectivity index is 0.00000288. The Morgan fingerprint density at radius 2 is 2.21 bits per heavy atom. The minimum absolute atomic E-state index is 0. The Hall–Kier alpha value is -1.30. The van der Waals surface area contributed by atoms with Gasteiger partial charge in [0.1, 0.15) is 11.9 Å². The second-order valence-corrected chi connectivity index (χ2v) is 6.36. The Morgan fingerprint density at radius 3 is 2.88 bits per heavy atom. The fourth-order valence-corrected chi connectivity index (χ4v) is 3.05. The molecule has 1 saturated heterocycles. The Kier molecular flexibility index (Phi) is 8.53. The molecule has 1 aromatic rings. The Morgan fingerprint density at radius 1 is 1.46 bits per heavy atom. The Bertz CT molecular complexity index is 527. The van der Waals surface area contributed by atoms with Crippen LogP contribution in [0.15, 0.2) is 24.3 Å². The molecular formula is C18H29ClN2O3. The molecular weight excluding hydrogens is 328 g/mol. The molecule has 1 aliphatic heterocycles. The maximum atomic E-state index is 12.6. The summed E-state index contributed by atoms with van der Waals surface area (Å²) in [5.41, 5.74) is 6.83. The van der Waals surface area contributed by atoms with Crippen LogP contribution in [0.25, 0.3) is 0 Å². The minimum Gasteiger partial charge on any atom is -0.497 e. The van der Waals surface area contributed by atoms with Crippen LogP contribution in [-0.4, -0.2) is 43.2 Å². The lowest BCUT2D eigenvalue weighted by Crippen LogP contribution is -2.52. The van der Waals surface area contributed by atoms with Gasteiger partial charge in [-0.1, -0.05) is 19.1 Å². The van der Waals surface area contributed by atoms with Gasteiger partial charge in [0, 0.05) is 19.1 Å². The van der Waals surface area contributed by atoms with E-state index in [4.69, 9.17) is 15.2 Å². The number of nitrogens with zero attached hydrogens (tertiary/aromatic N) is 1. The van der Waals surface area contributed by atoms with Crippen LogP contribution < -0.4 is 10.5 Å². The number of ether oxygens (including phenoxy) is 2. The highest BCUT2D eigenvalue weighted by Gasteiger charge is 2.31. The van der Waals surface area contributed by atoms with E-state index < -0.39 is 6.10 Å². The van der Waals surface area contributed by atoms with Crippen molar-refractivity contribution >= 4 is 18.3 Å². The van der Waals surface area contributed by atoms with Gasteiger partial charge in [-0.25, -0.2) is 0 Å². The predicted molar refractivity (Wildman–Crippen MR) is 97.4 cm³/mol. The van der Waals surface area contributed by atoms with Crippen LogP contribution in [0.2, 0.25) is 0 Å². The molecule has 1 fully saturated rings. The van der Waals surface area contributed by atoms with Gasteiger partial charge in [0.2, 0.25) is 0 Å². The number of carbonyl (C=O) groups excluding carboxylic acids is 1. The van der Waals surface area contributed by atoms with Gasteiger partial charge in [0.05, 0.1) is 13.7 Å². The first-order chi connectivity index (χ1) is 11.0. The number of likely N-dealkylation sites (tertiary alicyclic amines) is 1. The van der Waals surface area contributed by atoms with Gasteiger partial charge in [-0.3, -0.25) is 4.79 Å². The molecule has 1 amide bonds. The summed E-state index contributed by atoms with van der Waals surface area (Å²) in [5.74, 6) is 1.45. The van der Waals surface area contributed by atoms with Crippen molar-refractivity contribution in [3.63, 3.8) is 0 Å². The van der Waals surface area contributed by atoms with E-state index in [0.717, 1.165) is 30.7 Å². The van der Waals surface area contributed by atoms with Gasteiger partial charge >= 0.3 is 0 Å². The lowest BCUT2D eigenvalue weighted by molar-refractivity contribution is -0.147. The molecule has 0 aromatic heterocycles. The fourth-order valence-electron chi connectivity index (χ4n) is 3.05. The number of hydrogen-bond acceptors (Lipinski definition) is 4. The van der Waals surface area contributed by atoms with Crippen LogP contribution in [0.5, 0.6) is 5.75 Å². The van der Waals surface area contributed by atoms with E-state index in [1.54, 1.807) is 7.11 Å². The molecule has 5 nitrogen and oxygen atoms in total. The lowest BCUT2D eigenvalue weighted by Gasteiger charge is -2.39. The van der Waals surface area contributed by atoms with E-state index in [0.29, 0.717) is 19.1 Å². The standard InChI is InChI=1S/C18H28N2O3.ClH/c1-13-7-8-20(16(9-13)11-19)18(21)14(2)23-12-15-5-4-6-17(10-15)22-3;/h4-6,10,13-14,16H,7-9,11-12,19H2,1-3H3;1H. The largest absolute Gasteiger partial charge is 0.497 e. The summed E-state index contributed by atoms with van der Waals surface area (Å²) in [5, 5.41) is 0. The van der Waals surface area contributed by atoms with E-state index in [9.17, 15) is 4.79 Å². The van der Waals surface area contributed by atoms with E-state index >= 15 is 0 Å². The first-order valence-corrected chi connectivity index (χ1v) is 8.30. The second-order valence-electron chi connectivity index (χ2n) is 6.36. The number of carbonyl (C=O) groups is 1. The number of amides is 1. The zero-order chi connectivity index (χ0) is 16.8. The molecule has 3 atom stereocenters. The molecule has 0 aliphatic carbocycles. The van der Waals surface area contributed by atoms with E-state index in [2.05, 4.69) is 6.92 Å². The summed E-state index contributed by atoms with van der Waals surface area (Å²) in [4.78, 5) is 14.5. The predicted octanol–water partition coefficient (Wildman–Crippen LogP) is 2.61. The highest BCUT2D eigenvalue weighted by molar-refractivity contribution is 5.85. The molecule has 0 bridgehead atoms. The highest BCUT2D eigenvalue weighted by atomic mass is 35.5. The van der Waals surface area contributed by atoms with Crippen molar-refractivity contribution in [1.29, 1.82) is 0 Å². The van der Waals surface area contributed by atoms with Crippen molar-refractivity contribution in [3.05, 3.63) is 29.8 Å². The van der Waals surface area contributed by atoms with Crippen LogP contribution >= 0.6 is 12.4 Å². The molecule has 1 aliphatic rings. The molecule has 0 radical (unpaired) electrons. The molecule has 6 heteroatoms. The number of methoxy groups -OCH3 is 1. The summed E-state index contributed by atoms with van der Waals surface area (Å²) in [6.07, 6.45) is 1.54. The summed E-state index contributed by atoms with van der Waals surface area (Å²) in [6, 6.07) is 7.82. The normalized spacial score (nSPS) is 21.8. The molecule has 1 heterocycles. The summed E-state index contributed by atoms with van der Waals surface area (Å²) < 4.78 is 11.0. The molecule has 1 aromatic carbocycles. The first-order valence-electron chi connectivity index (χ1n) is 8.30. The van der Waals surface area contributed by atoms with Crippen LogP contribution in [0.1, 0.15) is 32.3 Å². The van der Waals surface area contributed by atoms with E-state index in [-0.39, 0.29) is 24.4 Å². The number of halogens is 1. The zero-order valence-corrected chi connectivity index (χ0v) is 15.6.